The Labute approximate surface area is 143 Å². The van der Waals surface area contributed by atoms with Crippen molar-refractivity contribution in [2.24, 2.45) is 10.7 Å². The second-order valence-corrected chi connectivity index (χ2v) is 6.03. The van der Waals surface area contributed by atoms with E-state index < -0.39 is 0 Å². The number of aryl methyl sites for hydroxylation is 2. The second kappa shape index (κ2) is 7.93. The van der Waals surface area contributed by atoms with E-state index in [-0.39, 0.29) is 0 Å². The van der Waals surface area contributed by atoms with Gasteiger partial charge >= 0.3 is 0 Å². The Morgan fingerprint density at radius 3 is 2.92 bits per heavy atom. The standard InChI is InChI=1S/C19H24N4O/c1-24-13-15-7-3-5-9-18(15)23-19(20)21-12-16-11-10-14-6-2-4-8-17(14)22-16/h3,5,7,9-11H,2,4,6,8,12-13H2,1H3,(H3,20,21,23). The average molecular weight is 324 g/mol. The van der Waals surface area contributed by atoms with Crippen LogP contribution < -0.4 is 11.1 Å². The number of anilines is 1. The van der Waals surface area contributed by atoms with Crippen molar-refractivity contribution in [1.82, 2.24) is 4.98 Å². The van der Waals surface area contributed by atoms with E-state index >= 15 is 0 Å². The lowest BCUT2D eigenvalue weighted by molar-refractivity contribution is 0.185. The minimum absolute atomic E-state index is 0.387. The molecule has 0 saturated heterocycles. The lowest BCUT2D eigenvalue weighted by Gasteiger charge is -2.15. The number of ether oxygens (including phenoxy) is 1. The zero-order valence-corrected chi connectivity index (χ0v) is 14.1. The molecule has 3 rings (SSSR count). The maximum absolute atomic E-state index is 6.03. The van der Waals surface area contributed by atoms with Gasteiger partial charge in [-0.25, -0.2) is 4.99 Å². The number of hydrogen-bond donors (Lipinski definition) is 2. The normalized spacial score (nSPS) is 14.3. The molecule has 0 saturated carbocycles. The van der Waals surface area contributed by atoms with Crippen molar-refractivity contribution in [2.45, 2.75) is 38.8 Å². The molecule has 1 heterocycles. The third-order valence-electron chi connectivity index (χ3n) is 4.23. The molecule has 0 spiro atoms. The average Bonchev–Trinajstić information content (AvgIpc) is 2.62. The van der Waals surface area contributed by atoms with Crippen molar-refractivity contribution in [2.75, 3.05) is 12.4 Å². The Balaban J connectivity index is 1.66. The van der Waals surface area contributed by atoms with Gasteiger partial charge in [0.25, 0.3) is 0 Å². The van der Waals surface area contributed by atoms with Crippen LogP contribution in [0.25, 0.3) is 0 Å². The van der Waals surface area contributed by atoms with Gasteiger partial charge in [-0.05, 0) is 43.4 Å². The summed E-state index contributed by atoms with van der Waals surface area (Å²) in [6, 6.07) is 12.1. The van der Waals surface area contributed by atoms with Crippen LogP contribution >= 0.6 is 0 Å². The zero-order valence-electron chi connectivity index (χ0n) is 14.1. The summed E-state index contributed by atoms with van der Waals surface area (Å²) < 4.78 is 5.20. The summed E-state index contributed by atoms with van der Waals surface area (Å²) in [6.45, 7) is 1.02. The van der Waals surface area contributed by atoms with Gasteiger partial charge < -0.3 is 15.8 Å². The molecule has 126 valence electrons. The van der Waals surface area contributed by atoms with Crippen LogP contribution in [0, 0.1) is 0 Å². The van der Waals surface area contributed by atoms with Crippen LogP contribution in [0.1, 0.15) is 35.4 Å². The highest BCUT2D eigenvalue weighted by molar-refractivity contribution is 5.92. The van der Waals surface area contributed by atoms with Crippen molar-refractivity contribution < 1.29 is 4.74 Å². The molecule has 24 heavy (non-hydrogen) atoms. The lowest BCUT2D eigenvalue weighted by Crippen LogP contribution is -2.23. The molecule has 0 unspecified atom stereocenters. The molecule has 0 fully saturated rings. The van der Waals surface area contributed by atoms with E-state index in [1.54, 1.807) is 7.11 Å². The van der Waals surface area contributed by atoms with E-state index in [2.05, 4.69) is 22.4 Å². The van der Waals surface area contributed by atoms with Crippen molar-refractivity contribution >= 4 is 11.6 Å². The molecule has 0 bridgehead atoms. The summed E-state index contributed by atoms with van der Waals surface area (Å²) in [6.07, 6.45) is 4.72. The monoisotopic (exact) mass is 324 g/mol. The van der Waals surface area contributed by atoms with Gasteiger partial charge in [-0.2, -0.15) is 0 Å². The van der Waals surface area contributed by atoms with Gasteiger partial charge in [-0.15, -0.1) is 0 Å². The number of aromatic nitrogens is 1. The third-order valence-corrected chi connectivity index (χ3v) is 4.23. The van der Waals surface area contributed by atoms with Crippen LogP contribution in [0.2, 0.25) is 0 Å². The molecule has 0 atom stereocenters. The number of aliphatic imine (C=N–C) groups is 1. The number of nitrogens with one attached hydrogen (secondary N) is 1. The summed E-state index contributed by atoms with van der Waals surface area (Å²) in [5.41, 5.74) is 11.6. The van der Waals surface area contributed by atoms with Crippen LogP contribution in [0.3, 0.4) is 0 Å². The largest absolute Gasteiger partial charge is 0.380 e. The Hall–Kier alpha value is -2.40. The Morgan fingerprint density at radius 2 is 2.04 bits per heavy atom. The Bertz CT molecular complexity index is 727. The van der Waals surface area contributed by atoms with Crippen molar-refractivity contribution in [1.29, 1.82) is 0 Å². The van der Waals surface area contributed by atoms with Crippen LogP contribution in [0.5, 0.6) is 0 Å². The number of para-hydroxylation sites is 1. The first-order valence-corrected chi connectivity index (χ1v) is 8.37. The van der Waals surface area contributed by atoms with Gasteiger partial charge in [-0.3, -0.25) is 4.98 Å². The number of fused-ring (bicyclic) bond motifs is 1. The van der Waals surface area contributed by atoms with E-state index in [1.165, 1.54) is 24.1 Å². The SMILES string of the molecule is COCc1ccccc1NC(N)=NCc1ccc2c(n1)CCCC2. The van der Waals surface area contributed by atoms with Gasteiger partial charge in [0.15, 0.2) is 5.96 Å². The van der Waals surface area contributed by atoms with Crippen LogP contribution in [0.15, 0.2) is 41.4 Å². The van der Waals surface area contributed by atoms with Crippen LogP contribution in [-0.2, 0) is 30.7 Å². The maximum Gasteiger partial charge on any atom is 0.193 e. The number of methoxy groups -OCH3 is 1. The lowest BCUT2D eigenvalue weighted by atomic mass is 9.96. The van der Waals surface area contributed by atoms with E-state index in [4.69, 9.17) is 15.5 Å². The number of hydrogen-bond acceptors (Lipinski definition) is 3. The number of guanidine groups is 1. The van der Waals surface area contributed by atoms with Gasteiger partial charge in [0.05, 0.1) is 18.8 Å². The fourth-order valence-corrected chi connectivity index (χ4v) is 2.98. The number of benzene rings is 1. The summed E-state index contributed by atoms with van der Waals surface area (Å²) >= 11 is 0. The number of pyridine rings is 1. The first kappa shape index (κ1) is 16.5. The van der Waals surface area contributed by atoms with E-state index in [9.17, 15) is 0 Å². The summed E-state index contributed by atoms with van der Waals surface area (Å²) in [4.78, 5) is 9.15. The molecule has 1 aromatic carbocycles. The highest BCUT2D eigenvalue weighted by Gasteiger charge is 2.10. The van der Waals surface area contributed by atoms with Crippen molar-refractivity contribution in [3.63, 3.8) is 0 Å². The Morgan fingerprint density at radius 1 is 1.21 bits per heavy atom. The predicted octanol–water partition coefficient (Wildman–Crippen LogP) is 3.03. The number of nitrogens with two attached hydrogens (primary N) is 1. The fourth-order valence-electron chi connectivity index (χ4n) is 2.98. The van der Waals surface area contributed by atoms with E-state index in [0.29, 0.717) is 19.1 Å². The smallest absolute Gasteiger partial charge is 0.193 e. The molecule has 0 amide bonds. The molecule has 0 aliphatic heterocycles. The molecule has 5 heteroatoms. The molecule has 1 aromatic heterocycles. The molecular formula is C19H24N4O. The minimum Gasteiger partial charge on any atom is -0.380 e. The van der Waals surface area contributed by atoms with Crippen LogP contribution in [-0.4, -0.2) is 18.1 Å². The predicted molar refractivity (Wildman–Crippen MR) is 97.0 cm³/mol. The van der Waals surface area contributed by atoms with Gasteiger partial charge in [0, 0.05) is 24.1 Å². The van der Waals surface area contributed by atoms with Crippen LogP contribution in [0.4, 0.5) is 5.69 Å². The van der Waals surface area contributed by atoms with E-state index in [0.717, 1.165) is 29.8 Å². The first-order valence-electron chi connectivity index (χ1n) is 8.37. The quantitative estimate of drug-likeness (QED) is 0.655. The van der Waals surface area contributed by atoms with Crippen molar-refractivity contribution in [3.8, 4) is 0 Å². The topological polar surface area (TPSA) is 72.5 Å². The van der Waals surface area contributed by atoms with E-state index in [1.807, 2.05) is 24.3 Å². The molecule has 1 aliphatic rings. The van der Waals surface area contributed by atoms with Crippen molar-refractivity contribution in [3.05, 3.63) is 58.9 Å². The molecule has 3 N–H and O–H groups in total. The molecule has 5 nitrogen and oxygen atoms in total. The van der Waals surface area contributed by atoms with Gasteiger partial charge in [-0.1, -0.05) is 24.3 Å². The third kappa shape index (κ3) is 4.11. The number of nitrogens with zero attached hydrogens (tertiary/aromatic N) is 2. The number of rotatable bonds is 5. The first-order chi connectivity index (χ1) is 11.8. The summed E-state index contributed by atoms with van der Waals surface area (Å²) in [5, 5.41) is 3.15. The molecule has 2 aromatic rings. The minimum atomic E-state index is 0.387. The zero-order chi connectivity index (χ0) is 16.8. The summed E-state index contributed by atoms with van der Waals surface area (Å²) in [5.74, 6) is 0.387. The Kier molecular flexibility index (Phi) is 5.43. The highest BCUT2D eigenvalue weighted by Crippen LogP contribution is 2.20. The maximum atomic E-state index is 6.03. The van der Waals surface area contributed by atoms with Gasteiger partial charge in [0.1, 0.15) is 0 Å². The molecular weight excluding hydrogens is 300 g/mol. The molecule has 1 aliphatic carbocycles. The second-order valence-electron chi connectivity index (χ2n) is 6.03. The highest BCUT2D eigenvalue weighted by atomic mass is 16.5. The fraction of sp³-hybridized carbons (Fsp3) is 0.368. The molecule has 0 radical (unpaired) electrons. The van der Waals surface area contributed by atoms with Gasteiger partial charge in [0.2, 0.25) is 0 Å². The summed E-state index contributed by atoms with van der Waals surface area (Å²) in [7, 11) is 1.68.